The van der Waals surface area contributed by atoms with E-state index in [0.717, 1.165) is 0 Å². The van der Waals surface area contributed by atoms with Crippen LogP contribution in [0, 0.1) is 0 Å². The number of nitrogens with one attached hydrogen (secondary N) is 1. The summed E-state index contributed by atoms with van der Waals surface area (Å²) in [4.78, 5) is 12.1. The molecule has 0 saturated carbocycles. The minimum absolute atomic E-state index is 0.275. The average molecular weight is 291 g/mol. The van der Waals surface area contributed by atoms with Gasteiger partial charge in [0.15, 0.2) is 0 Å². The van der Waals surface area contributed by atoms with Crippen molar-refractivity contribution in [3.63, 3.8) is 0 Å². The van der Waals surface area contributed by atoms with Gasteiger partial charge >= 0.3 is 0 Å². The van der Waals surface area contributed by atoms with Gasteiger partial charge < -0.3 is 15.8 Å². The molecule has 0 aliphatic heterocycles. The number of hydrogen-bond acceptors (Lipinski definition) is 3. The van der Waals surface area contributed by atoms with Crippen molar-refractivity contribution >= 4 is 28.9 Å². The van der Waals surface area contributed by atoms with Crippen LogP contribution in [0.5, 0.6) is 5.75 Å². The Labute approximate surface area is 122 Å². The van der Waals surface area contributed by atoms with E-state index in [9.17, 15) is 4.79 Å². The predicted octanol–water partition coefficient (Wildman–Crippen LogP) is 3.57. The van der Waals surface area contributed by atoms with Crippen molar-refractivity contribution in [3.8, 4) is 5.75 Å². The highest BCUT2D eigenvalue weighted by atomic mass is 35.5. The standard InChI is InChI=1S/C15H15ClN2O2/c1-2-20-14-8-7-10(9-12(14)16)18-15(19)11-5-3-4-6-13(11)17/h3-9H,2,17H2,1H3,(H,18,19). The molecule has 2 aromatic carbocycles. The number of benzene rings is 2. The molecule has 0 aliphatic carbocycles. The maximum absolute atomic E-state index is 12.1. The lowest BCUT2D eigenvalue weighted by atomic mass is 10.1. The Morgan fingerprint density at radius 1 is 1.30 bits per heavy atom. The maximum Gasteiger partial charge on any atom is 0.257 e. The summed E-state index contributed by atoms with van der Waals surface area (Å²) in [7, 11) is 0. The minimum Gasteiger partial charge on any atom is -0.492 e. The van der Waals surface area contributed by atoms with E-state index in [0.29, 0.717) is 34.3 Å². The van der Waals surface area contributed by atoms with Crippen LogP contribution in [0.4, 0.5) is 11.4 Å². The molecule has 2 aromatic rings. The zero-order chi connectivity index (χ0) is 14.5. The van der Waals surface area contributed by atoms with Crippen LogP contribution >= 0.6 is 11.6 Å². The molecule has 104 valence electrons. The molecule has 5 heteroatoms. The highest BCUT2D eigenvalue weighted by molar-refractivity contribution is 6.32. The molecule has 1 amide bonds. The summed E-state index contributed by atoms with van der Waals surface area (Å²) >= 11 is 6.07. The summed E-state index contributed by atoms with van der Waals surface area (Å²) < 4.78 is 5.34. The van der Waals surface area contributed by atoms with Crippen LogP contribution in [-0.2, 0) is 0 Å². The van der Waals surface area contributed by atoms with Gasteiger partial charge in [-0.15, -0.1) is 0 Å². The van der Waals surface area contributed by atoms with Crippen LogP contribution in [-0.4, -0.2) is 12.5 Å². The molecule has 0 radical (unpaired) electrons. The molecule has 0 unspecified atom stereocenters. The highest BCUT2D eigenvalue weighted by Crippen LogP contribution is 2.28. The largest absolute Gasteiger partial charge is 0.492 e. The summed E-state index contributed by atoms with van der Waals surface area (Å²) in [6.07, 6.45) is 0. The van der Waals surface area contributed by atoms with E-state index in [1.807, 2.05) is 6.92 Å². The van der Waals surface area contributed by atoms with Crippen LogP contribution < -0.4 is 15.8 Å². The number of carbonyl (C=O) groups excluding carboxylic acids is 1. The topological polar surface area (TPSA) is 64.3 Å². The zero-order valence-electron chi connectivity index (χ0n) is 11.0. The number of ether oxygens (including phenoxy) is 1. The van der Waals surface area contributed by atoms with E-state index in [1.165, 1.54) is 0 Å². The SMILES string of the molecule is CCOc1ccc(NC(=O)c2ccccc2N)cc1Cl. The van der Waals surface area contributed by atoms with Gasteiger partial charge in [-0.2, -0.15) is 0 Å². The zero-order valence-corrected chi connectivity index (χ0v) is 11.8. The fourth-order valence-corrected chi connectivity index (χ4v) is 1.99. The van der Waals surface area contributed by atoms with Gasteiger partial charge in [0, 0.05) is 11.4 Å². The van der Waals surface area contributed by atoms with Crippen molar-refractivity contribution in [1.29, 1.82) is 0 Å². The van der Waals surface area contributed by atoms with Crippen LogP contribution in [0.25, 0.3) is 0 Å². The number of hydrogen-bond donors (Lipinski definition) is 2. The van der Waals surface area contributed by atoms with Crippen LogP contribution in [0.1, 0.15) is 17.3 Å². The number of para-hydroxylation sites is 1. The Hall–Kier alpha value is -2.20. The van der Waals surface area contributed by atoms with Crippen molar-refractivity contribution in [3.05, 3.63) is 53.1 Å². The predicted molar refractivity (Wildman–Crippen MR) is 81.4 cm³/mol. The van der Waals surface area contributed by atoms with E-state index in [-0.39, 0.29) is 5.91 Å². The minimum atomic E-state index is -0.275. The van der Waals surface area contributed by atoms with E-state index in [1.54, 1.807) is 42.5 Å². The molecule has 0 atom stereocenters. The lowest BCUT2D eigenvalue weighted by Gasteiger charge is -2.10. The van der Waals surface area contributed by atoms with E-state index in [2.05, 4.69) is 5.32 Å². The third kappa shape index (κ3) is 3.22. The van der Waals surface area contributed by atoms with E-state index >= 15 is 0 Å². The molecular weight excluding hydrogens is 276 g/mol. The van der Waals surface area contributed by atoms with Crippen molar-refractivity contribution in [1.82, 2.24) is 0 Å². The Kier molecular flexibility index (Phi) is 4.48. The summed E-state index contributed by atoms with van der Waals surface area (Å²) in [5, 5.41) is 3.20. The summed E-state index contributed by atoms with van der Waals surface area (Å²) in [5.41, 5.74) is 7.21. The third-order valence-electron chi connectivity index (χ3n) is 2.70. The highest BCUT2D eigenvalue weighted by Gasteiger charge is 2.10. The molecule has 0 aliphatic rings. The maximum atomic E-state index is 12.1. The summed E-state index contributed by atoms with van der Waals surface area (Å²) in [6.45, 7) is 2.41. The molecular formula is C15H15ClN2O2. The first-order chi connectivity index (χ1) is 9.61. The number of nitrogen functional groups attached to an aromatic ring is 1. The fourth-order valence-electron chi connectivity index (χ4n) is 1.75. The Morgan fingerprint density at radius 3 is 2.70 bits per heavy atom. The molecule has 0 fully saturated rings. The number of amides is 1. The van der Waals surface area contributed by atoms with Gasteiger partial charge in [0.1, 0.15) is 5.75 Å². The Bertz CT molecular complexity index is 629. The van der Waals surface area contributed by atoms with Gasteiger partial charge in [0.25, 0.3) is 5.91 Å². The molecule has 2 rings (SSSR count). The molecule has 3 N–H and O–H groups in total. The molecule has 0 heterocycles. The van der Waals surface area contributed by atoms with Gasteiger partial charge in [-0.25, -0.2) is 0 Å². The van der Waals surface area contributed by atoms with Crippen molar-refractivity contribution in [2.45, 2.75) is 6.92 Å². The molecule has 0 spiro atoms. The molecule has 20 heavy (non-hydrogen) atoms. The molecule has 0 aromatic heterocycles. The fraction of sp³-hybridized carbons (Fsp3) is 0.133. The van der Waals surface area contributed by atoms with Gasteiger partial charge in [-0.3, -0.25) is 4.79 Å². The Morgan fingerprint density at radius 2 is 2.05 bits per heavy atom. The van der Waals surface area contributed by atoms with Gasteiger partial charge in [0.05, 0.1) is 17.2 Å². The van der Waals surface area contributed by atoms with Crippen LogP contribution in [0.3, 0.4) is 0 Å². The summed E-state index contributed by atoms with van der Waals surface area (Å²) in [5.74, 6) is 0.315. The first-order valence-electron chi connectivity index (χ1n) is 6.20. The van der Waals surface area contributed by atoms with Crippen molar-refractivity contribution in [2.24, 2.45) is 0 Å². The van der Waals surface area contributed by atoms with Crippen LogP contribution in [0.15, 0.2) is 42.5 Å². The van der Waals surface area contributed by atoms with E-state index < -0.39 is 0 Å². The Balaban J connectivity index is 2.16. The average Bonchev–Trinajstić information content (AvgIpc) is 2.42. The normalized spacial score (nSPS) is 10.1. The van der Waals surface area contributed by atoms with Crippen molar-refractivity contribution in [2.75, 3.05) is 17.7 Å². The van der Waals surface area contributed by atoms with E-state index in [4.69, 9.17) is 22.1 Å². The number of rotatable bonds is 4. The number of nitrogens with two attached hydrogens (primary N) is 1. The summed E-state index contributed by atoms with van der Waals surface area (Å²) in [6, 6.07) is 12.0. The molecule has 0 saturated heterocycles. The molecule has 0 bridgehead atoms. The number of halogens is 1. The van der Waals surface area contributed by atoms with Crippen molar-refractivity contribution < 1.29 is 9.53 Å². The third-order valence-corrected chi connectivity index (χ3v) is 2.99. The second-order valence-electron chi connectivity index (χ2n) is 4.12. The lowest BCUT2D eigenvalue weighted by Crippen LogP contribution is -2.13. The number of carbonyl (C=O) groups is 1. The van der Waals surface area contributed by atoms with Gasteiger partial charge in [0.2, 0.25) is 0 Å². The monoisotopic (exact) mass is 290 g/mol. The van der Waals surface area contributed by atoms with Gasteiger partial charge in [-0.05, 0) is 37.3 Å². The second kappa shape index (κ2) is 6.30. The molecule has 4 nitrogen and oxygen atoms in total. The smallest absolute Gasteiger partial charge is 0.257 e. The van der Waals surface area contributed by atoms with Crippen LogP contribution in [0.2, 0.25) is 5.02 Å². The second-order valence-corrected chi connectivity index (χ2v) is 4.53. The quantitative estimate of drug-likeness (QED) is 0.846. The first-order valence-corrected chi connectivity index (χ1v) is 6.58. The lowest BCUT2D eigenvalue weighted by molar-refractivity contribution is 0.102. The first kappa shape index (κ1) is 14.2. The number of anilines is 2. The van der Waals surface area contributed by atoms with Gasteiger partial charge in [-0.1, -0.05) is 23.7 Å².